The summed E-state index contributed by atoms with van der Waals surface area (Å²) in [6, 6.07) is 5.49. The normalized spacial score (nSPS) is 13.4. The molecule has 1 aromatic rings. The predicted octanol–water partition coefficient (Wildman–Crippen LogP) is 3.55. The van der Waals surface area contributed by atoms with Crippen molar-refractivity contribution in [3.63, 3.8) is 0 Å². The number of ether oxygens (including phenoxy) is 2. The van der Waals surface area contributed by atoms with E-state index in [4.69, 9.17) is 26.8 Å². The summed E-state index contributed by atoms with van der Waals surface area (Å²) in [5.41, 5.74) is 6.58. The van der Waals surface area contributed by atoms with Gasteiger partial charge < -0.3 is 15.2 Å². The quantitative estimate of drug-likeness (QED) is 0.833. The minimum atomic E-state index is -0.139. The second-order valence-electron chi connectivity index (χ2n) is 5.28. The average molecular weight is 272 g/mol. The molecule has 1 unspecified atom stereocenters. The molecule has 2 N–H and O–H groups in total. The van der Waals surface area contributed by atoms with E-state index in [-0.39, 0.29) is 11.6 Å². The Balaban J connectivity index is 2.47. The van der Waals surface area contributed by atoms with Crippen LogP contribution in [0.15, 0.2) is 18.2 Å². The Morgan fingerprint density at radius 1 is 1.28 bits per heavy atom. The van der Waals surface area contributed by atoms with Gasteiger partial charge in [0, 0.05) is 11.1 Å². The largest absolute Gasteiger partial charge is 0.491 e. The Kier molecular flexibility index (Phi) is 5.45. The lowest BCUT2D eigenvalue weighted by atomic mass is 10.1. The molecule has 0 aromatic heterocycles. The summed E-state index contributed by atoms with van der Waals surface area (Å²) in [6.45, 7) is 9.00. The van der Waals surface area contributed by atoms with Crippen molar-refractivity contribution in [1.82, 2.24) is 0 Å². The van der Waals surface area contributed by atoms with Gasteiger partial charge in [0.05, 0.1) is 12.2 Å². The highest BCUT2D eigenvalue weighted by molar-refractivity contribution is 6.31. The summed E-state index contributed by atoms with van der Waals surface area (Å²) in [5, 5.41) is 0.638. The van der Waals surface area contributed by atoms with Crippen LogP contribution in [0, 0.1) is 0 Å². The maximum atomic E-state index is 6.12. The standard InChI is InChI=1S/C14H22ClNO2/c1-10(16)12-6-5-11(9-13(12)15)17-7-8-18-14(2,3)4/h5-6,9-10H,7-8,16H2,1-4H3. The van der Waals surface area contributed by atoms with Crippen LogP contribution in [-0.4, -0.2) is 18.8 Å². The Bertz CT molecular complexity index is 386. The van der Waals surface area contributed by atoms with Crippen molar-refractivity contribution in [2.75, 3.05) is 13.2 Å². The van der Waals surface area contributed by atoms with Crippen molar-refractivity contribution in [3.05, 3.63) is 28.8 Å². The van der Waals surface area contributed by atoms with Crippen LogP contribution in [0.5, 0.6) is 5.75 Å². The molecule has 0 heterocycles. The third kappa shape index (κ3) is 5.25. The van der Waals surface area contributed by atoms with Crippen LogP contribution in [0.1, 0.15) is 39.3 Å². The summed E-state index contributed by atoms with van der Waals surface area (Å²) in [4.78, 5) is 0. The first-order chi connectivity index (χ1) is 8.29. The molecule has 0 radical (unpaired) electrons. The van der Waals surface area contributed by atoms with E-state index in [9.17, 15) is 0 Å². The summed E-state index contributed by atoms with van der Waals surface area (Å²) in [7, 11) is 0. The fraction of sp³-hybridized carbons (Fsp3) is 0.571. The second kappa shape index (κ2) is 6.41. The van der Waals surface area contributed by atoms with E-state index in [1.807, 2.05) is 39.8 Å². The Hall–Kier alpha value is -0.770. The first-order valence-corrected chi connectivity index (χ1v) is 6.49. The molecular weight excluding hydrogens is 250 g/mol. The van der Waals surface area contributed by atoms with E-state index in [1.54, 1.807) is 6.07 Å². The number of hydrogen-bond donors (Lipinski definition) is 1. The first kappa shape index (κ1) is 15.3. The highest BCUT2D eigenvalue weighted by Gasteiger charge is 2.10. The second-order valence-corrected chi connectivity index (χ2v) is 5.69. The molecule has 0 amide bonds. The molecule has 0 aliphatic rings. The molecule has 0 saturated carbocycles. The van der Waals surface area contributed by atoms with E-state index < -0.39 is 0 Å². The average Bonchev–Trinajstić information content (AvgIpc) is 2.22. The first-order valence-electron chi connectivity index (χ1n) is 6.11. The topological polar surface area (TPSA) is 44.5 Å². The van der Waals surface area contributed by atoms with Crippen molar-refractivity contribution in [3.8, 4) is 5.75 Å². The van der Waals surface area contributed by atoms with E-state index >= 15 is 0 Å². The third-order valence-corrected chi connectivity index (χ3v) is 2.68. The van der Waals surface area contributed by atoms with Gasteiger partial charge in [0.1, 0.15) is 12.4 Å². The van der Waals surface area contributed by atoms with Gasteiger partial charge >= 0.3 is 0 Å². The van der Waals surface area contributed by atoms with Crippen LogP contribution < -0.4 is 10.5 Å². The molecule has 18 heavy (non-hydrogen) atoms. The van der Waals surface area contributed by atoms with Crippen molar-refractivity contribution >= 4 is 11.6 Å². The number of rotatable bonds is 5. The fourth-order valence-corrected chi connectivity index (χ4v) is 1.82. The molecule has 0 aliphatic heterocycles. The van der Waals surface area contributed by atoms with Gasteiger partial charge in [-0.1, -0.05) is 17.7 Å². The van der Waals surface area contributed by atoms with Gasteiger partial charge in [-0.15, -0.1) is 0 Å². The zero-order chi connectivity index (χ0) is 13.8. The van der Waals surface area contributed by atoms with Crippen molar-refractivity contribution in [2.24, 2.45) is 5.73 Å². The van der Waals surface area contributed by atoms with Gasteiger partial charge in [0.2, 0.25) is 0 Å². The van der Waals surface area contributed by atoms with E-state index in [0.29, 0.717) is 18.2 Å². The maximum absolute atomic E-state index is 6.12. The van der Waals surface area contributed by atoms with Gasteiger partial charge in [-0.2, -0.15) is 0 Å². The fourth-order valence-electron chi connectivity index (χ4n) is 1.47. The van der Waals surface area contributed by atoms with E-state index in [1.165, 1.54) is 0 Å². The zero-order valence-corrected chi connectivity index (χ0v) is 12.3. The smallest absolute Gasteiger partial charge is 0.120 e. The molecule has 3 nitrogen and oxygen atoms in total. The molecule has 0 spiro atoms. The Morgan fingerprint density at radius 3 is 2.44 bits per heavy atom. The molecule has 1 atom stereocenters. The highest BCUT2D eigenvalue weighted by atomic mass is 35.5. The molecule has 1 rings (SSSR count). The molecule has 4 heteroatoms. The van der Waals surface area contributed by atoms with Gasteiger partial charge in [-0.05, 0) is 45.4 Å². The van der Waals surface area contributed by atoms with Gasteiger partial charge in [0.15, 0.2) is 0 Å². The van der Waals surface area contributed by atoms with E-state index in [0.717, 1.165) is 11.3 Å². The number of hydrogen-bond acceptors (Lipinski definition) is 3. The molecule has 0 saturated heterocycles. The SMILES string of the molecule is CC(N)c1ccc(OCCOC(C)(C)C)cc1Cl. The van der Waals surface area contributed by atoms with Crippen molar-refractivity contribution in [1.29, 1.82) is 0 Å². The van der Waals surface area contributed by atoms with Crippen molar-refractivity contribution in [2.45, 2.75) is 39.3 Å². The summed E-state index contributed by atoms with van der Waals surface area (Å²) in [6.07, 6.45) is 0. The monoisotopic (exact) mass is 271 g/mol. The number of halogens is 1. The maximum Gasteiger partial charge on any atom is 0.120 e. The molecular formula is C14H22ClNO2. The summed E-state index contributed by atoms with van der Waals surface area (Å²) < 4.78 is 11.1. The Morgan fingerprint density at radius 2 is 1.94 bits per heavy atom. The van der Waals surface area contributed by atoms with Gasteiger partial charge in [-0.25, -0.2) is 0 Å². The lowest BCUT2D eigenvalue weighted by molar-refractivity contribution is -0.0163. The summed E-state index contributed by atoms with van der Waals surface area (Å²) >= 11 is 6.12. The zero-order valence-electron chi connectivity index (χ0n) is 11.5. The molecule has 1 aromatic carbocycles. The van der Waals surface area contributed by atoms with E-state index in [2.05, 4.69) is 0 Å². The minimum absolute atomic E-state index is 0.0734. The van der Waals surface area contributed by atoms with Crippen molar-refractivity contribution < 1.29 is 9.47 Å². The van der Waals surface area contributed by atoms with Crippen LogP contribution in [0.25, 0.3) is 0 Å². The number of nitrogens with two attached hydrogens (primary N) is 1. The van der Waals surface area contributed by atoms with Crippen LogP contribution in [0.2, 0.25) is 5.02 Å². The van der Waals surface area contributed by atoms with Gasteiger partial charge in [0.25, 0.3) is 0 Å². The molecule has 0 fully saturated rings. The third-order valence-electron chi connectivity index (χ3n) is 2.35. The molecule has 102 valence electrons. The van der Waals surface area contributed by atoms with Crippen LogP contribution in [0.4, 0.5) is 0 Å². The number of benzene rings is 1. The summed E-state index contributed by atoms with van der Waals surface area (Å²) in [5.74, 6) is 0.738. The van der Waals surface area contributed by atoms with Crippen LogP contribution in [0.3, 0.4) is 0 Å². The van der Waals surface area contributed by atoms with Crippen LogP contribution in [-0.2, 0) is 4.74 Å². The molecule has 0 bridgehead atoms. The molecule has 0 aliphatic carbocycles. The minimum Gasteiger partial charge on any atom is -0.491 e. The van der Waals surface area contributed by atoms with Gasteiger partial charge in [-0.3, -0.25) is 0 Å². The lowest BCUT2D eigenvalue weighted by Gasteiger charge is -2.19. The Labute approximate surface area is 114 Å². The highest BCUT2D eigenvalue weighted by Crippen LogP contribution is 2.26. The van der Waals surface area contributed by atoms with Crippen LogP contribution >= 0.6 is 11.6 Å². The predicted molar refractivity (Wildman–Crippen MR) is 75.3 cm³/mol. The lowest BCUT2D eigenvalue weighted by Crippen LogP contribution is -2.22.